The van der Waals surface area contributed by atoms with E-state index in [1.807, 2.05) is 0 Å². The molecule has 0 spiro atoms. The number of carbonyl (C=O) groups is 1. The Morgan fingerprint density at radius 2 is 2.04 bits per heavy atom. The zero-order chi connectivity index (χ0) is 16.9. The monoisotopic (exact) mass is 332 g/mol. The molecule has 3 fully saturated rings. The Bertz CT molecular complexity index is 553. The van der Waals surface area contributed by atoms with E-state index in [2.05, 4.69) is 13.0 Å². The van der Waals surface area contributed by atoms with Gasteiger partial charge in [-0.05, 0) is 68.1 Å². The lowest BCUT2D eigenvalue weighted by atomic mass is 9.47. The standard InChI is InChI=1S/C21H32O3/c1-14(22)24-13-21-10-5-7-17(21)19-16(8-11-21)20(2)9-4-3-6-15(20)12-18(19)23/h12,16-19,23H,3-11,13H2,1-2H3/t16-,17-,18+,19+,20-,21-/m0/s1. The molecule has 0 saturated heterocycles. The van der Waals surface area contributed by atoms with Gasteiger partial charge in [-0.1, -0.05) is 31.4 Å². The molecule has 4 rings (SSSR count). The molecule has 3 saturated carbocycles. The first-order valence-corrected chi connectivity index (χ1v) is 9.99. The Kier molecular flexibility index (Phi) is 4.06. The number of rotatable bonds is 2. The first kappa shape index (κ1) is 16.6. The Morgan fingerprint density at radius 1 is 1.21 bits per heavy atom. The van der Waals surface area contributed by atoms with E-state index in [4.69, 9.17) is 4.74 Å². The fraction of sp³-hybridized carbons (Fsp3) is 0.857. The third-order valence-corrected chi connectivity index (χ3v) is 8.13. The predicted octanol–water partition coefficient (Wildman–Crippen LogP) is 4.24. The second-order valence-corrected chi connectivity index (χ2v) is 9.17. The normalized spacial score (nSPS) is 47.2. The Balaban J connectivity index is 1.66. The van der Waals surface area contributed by atoms with E-state index in [1.165, 1.54) is 63.9 Å². The number of carbonyl (C=O) groups excluding carboxylic acids is 1. The topological polar surface area (TPSA) is 46.5 Å². The molecule has 1 N–H and O–H groups in total. The van der Waals surface area contributed by atoms with Gasteiger partial charge in [0, 0.05) is 12.3 Å². The maximum atomic E-state index is 11.4. The van der Waals surface area contributed by atoms with Crippen LogP contribution in [0.25, 0.3) is 0 Å². The molecule has 6 atom stereocenters. The van der Waals surface area contributed by atoms with Gasteiger partial charge in [0.2, 0.25) is 0 Å². The van der Waals surface area contributed by atoms with Gasteiger partial charge in [0.15, 0.2) is 0 Å². The van der Waals surface area contributed by atoms with Gasteiger partial charge in [0.05, 0.1) is 12.7 Å². The summed E-state index contributed by atoms with van der Waals surface area (Å²) in [5.41, 5.74) is 1.97. The number of fused-ring (bicyclic) bond motifs is 5. The summed E-state index contributed by atoms with van der Waals surface area (Å²) < 4.78 is 5.50. The molecule has 24 heavy (non-hydrogen) atoms. The van der Waals surface area contributed by atoms with E-state index >= 15 is 0 Å². The molecule has 0 heterocycles. The van der Waals surface area contributed by atoms with E-state index < -0.39 is 0 Å². The van der Waals surface area contributed by atoms with Gasteiger partial charge < -0.3 is 9.84 Å². The molecule has 3 heteroatoms. The second-order valence-electron chi connectivity index (χ2n) is 9.17. The third kappa shape index (κ3) is 2.38. The molecular formula is C21H32O3. The van der Waals surface area contributed by atoms with Crippen molar-refractivity contribution in [1.82, 2.24) is 0 Å². The first-order valence-electron chi connectivity index (χ1n) is 9.99. The number of ether oxygens (including phenoxy) is 1. The van der Waals surface area contributed by atoms with E-state index in [0.29, 0.717) is 29.8 Å². The Hall–Kier alpha value is -0.830. The van der Waals surface area contributed by atoms with E-state index in [9.17, 15) is 9.90 Å². The average molecular weight is 332 g/mol. The lowest BCUT2D eigenvalue weighted by Gasteiger charge is -2.58. The minimum Gasteiger partial charge on any atom is -0.465 e. The van der Waals surface area contributed by atoms with Crippen molar-refractivity contribution in [2.24, 2.45) is 28.6 Å². The molecule has 0 radical (unpaired) electrons. The molecule has 0 unspecified atom stereocenters. The quantitative estimate of drug-likeness (QED) is 0.607. The maximum Gasteiger partial charge on any atom is 0.302 e. The fourth-order valence-electron chi connectivity index (χ4n) is 6.98. The number of aliphatic hydroxyl groups excluding tert-OH is 1. The minimum absolute atomic E-state index is 0.129. The van der Waals surface area contributed by atoms with Crippen LogP contribution in [0.5, 0.6) is 0 Å². The van der Waals surface area contributed by atoms with Crippen molar-refractivity contribution in [3.8, 4) is 0 Å². The van der Waals surface area contributed by atoms with Crippen LogP contribution in [-0.4, -0.2) is 23.8 Å². The summed E-state index contributed by atoms with van der Waals surface area (Å²) in [4.78, 5) is 11.4. The molecule has 0 aliphatic heterocycles. The molecule has 4 aliphatic carbocycles. The molecule has 0 aromatic carbocycles. The Labute approximate surface area is 145 Å². The highest BCUT2D eigenvalue weighted by molar-refractivity contribution is 5.65. The minimum atomic E-state index is -0.295. The number of hydrogen-bond donors (Lipinski definition) is 1. The van der Waals surface area contributed by atoms with Gasteiger partial charge in [0.1, 0.15) is 0 Å². The first-order chi connectivity index (χ1) is 11.5. The van der Waals surface area contributed by atoms with E-state index in [1.54, 1.807) is 0 Å². The maximum absolute atomic E-state index is 11.4. The van der Waals surface area contributed by atoms with Crippen molar-refractivity contribution >= 4 is 5.97 Å². The van der Waals surface area contributed by atoms with Gasteiger partial charge in [0.25, 0.3) is 0 Å². The fourth-order valence-corrected chi connectivity index (χ4v) is 6.98. The van der Waals surface area contributed by atoms with Crippen LogP contribution in [0.4, 0.5) is 0 Å². The summed E-state index contributed by atoms with van der Waals surface area (Å²) >= 11 is 0. The van der Waals surface area contributed by atoms with Crippen LogP contribution in [0.3, 0.4) is 0 Å². The molecule has 0 aromatic heterocycles. The van der Waals surface area contributed by atoms with Crippen LogP contribution in [-0.2, 0) is 9.53 Å². The van der Waals surface area contributed by atoms with Crippen LogP contribution in [0.2, 0.25) is 0 Å². The molecular weight excluding hydrogens is 300 g/mol. The number of hydrogen-bond acceptors (Lipinski definition) is 3. The molecule has 0 amide bonds. The largest absolute Gasteiger partial charge is 0.465 e. The molecule has 0 aromatic rings. The second kappa shape index (κ2) is 5.86. The zero-order valence-electron chi connectivity index (χ0n) is 15.2. The highest BCUT2D eigenvalue weighted by Crippen LogP contribution is 2.64. The van der Waals surface area contributed by atoms with Gasteiger partial charge in [-0.3, -0.25) is 4.79 Å². The van der Waals surface area contributed by atoms with Gasteiger partial charge >= 0.3 is 5.97 Å². The molecule has 4 aliphatic rings. The summed E-state index contributed by atoms with van der Waals surface area (Å²) in [6, 6.07) is 0. The predicted molar refractivity (Wildman–Crippen MR) is 93.3 cm³/mol. The highest BCUT2D eigenvalue weighted by atomic mass is 16.5. The number of esters is 1. The van der Waals surface area contributed by atoms with Crippen molar-refractivity contribution in [2.45, 2.75) is 77.7 Å². The number of allylic oxidation sites excluding steroid dienone is 1. The van der Waals surface area contributed by atoms with Gasteiger partial charge in [-0.2, -0.15) is 0 Å². The summed E-state index contributed by atoms with van der Waals surface area (Å²) in [6.45, 7) is 4.55. The molecule has 0 bridgehead atoms. The molecule has 134 valence electrons. The number of aliphatic hydroxyl groups is 1. The summed E-state index contributed by atoms with van der Waals surface area (Å²) in [7, 11) is 0. The third-order valence-electron chi connectivity index (χ3n) is 8.13. The highest BCUT2D eigenvalue weighted by Gasteiger charge is 2.59. The SMILES string of the molecule is CC(=O)OC[C@@]12CCC[C@H]1[C@@H]1[C@H](O)C=C3CCCC[C@]3(C)[C@H]1CC2. The molecule has 3 nitrogen and oxygen atoms in total. The van der Waals surface area contributed by atoms with Crippen LogP contribution >= 0.6 is 0 Å². The van der Waals surface area contributed by atoms with Crippen LogP contribution in [0.1, 0.15) is 71.6 Å². The van der Waals surface area contributed by atoms with Crippen molar-refractivity contribution in [3.63, 3.8) is 0 Å². The lowest BCUT2D eigenvalue weighted by Crippen LogP contribution is -2.54. The average Bonchev–Trinajstić information content (AvgIpc) is 2.98. The van der Waals surface area contributed by atoms with Crippen LogP contribution in [0.15, 0.2) is 11.6 Å². The smallest absolute Gasteiger partial charge is 0.302 e. The summed E-state index contributed by atoms with van der Waals surface area (Å²) in [6.07, 6.45) is 12.9. The zero-order valence-corrected chi connectivity index (χ0v) is 15.2. The Morgan fingerprint density at radius 3 is 2.83 bits per heavy atom. The van der Waals surface area contributed by atoms with E-state index in [0.717, 1.165) is 6.42 Å². The van der Waals surface area contributed by atoms with Crippen molar-refractivity contribution in [2.75, 3.05) is 6.61 Å². The van der Waals surface area contributed by atoms with Crippen molar-refractivity contribution in [3.05, 3.63) is 11.6 Å². The van der Waals surface area contributed by atoms with Gasteiger partial charge in [-0.25, -0.2) is 0 Å². The van der Waals surface area contributed by atoms with Crippen LogP contribution in [0, 0.1) is 28.6 Å². The van der Waals surface area contributed by atoms with E-state index in [-0.39, 0.29) is 17.5 Å². The van der Waals surface area contributed by atoms with Crippen LogP contribution < -0.4 is 0 Å². The van der Waals surface area contributed by atoms with Gasteiger partial charge in [-0.15, -0.1) is 0 Å². The lowest BCUT2D eigenvalue weighted by molar-refractivity contribution is -0.152. The summed E-state index contributed by atoms with van der Waals surface area (Å²) in [5, 5.41) is 11.0. The summed E-state index contributed by atoms with van der Waals surface area (Å²) in [5.74, 6) is 1.33. The van der Waals surface area contributed by atoms with Crippen molar-refractivity contribution < 1.29 is 14.6 Å². The van der Waals surface area contributed by atoms with Crippen molar-refractivity contribution in [1.29, 1.82) is 0 Å².